The monoisotopic (exact) mass is 368 g/mol. The summed E-state index contributed by atoms with van der Waals surface area (Å²) in [6, 6.07) is 7.16. The summed E-state index contributed by atoms with van der Waals surface area (Å²) in [5, 5.41) is 11.7. The second-order valence-electron chi connectivity index (χ2n) is 5.57. The molecule has 0 atom stereocenters. The molecule has 27 heavy (non-hydrogen) atoms. The molecule has 2 rings (SSSR count). The molecule has 1 N–H and O–H groups in total. The second-order valence-corrected chi connectivity index (χ2v) is 5.57. The Morgan fingerprint density at radius 1 is 1.33 bits per heavy atom. The van der Waals surface area contributed by atoms with Crippen LogP contribution in [-0.2, 0) is 4.79 Å². The quantitative estimate of drug-likeness (QED) is 0.590. The van der Waals surface area contributed by atoms with Gasteiger partial charge >= 0.3 is 0 Å². The number of benzene rings is 1. The molecule has 0 bridgehead atoms. The van der Waals surface area contributed by atoms with Crippen LogP contribution >= 0.6 is 0 Å². The molecule has 1 aromatic heterocycles. The van der Waals surface area contributed by atoms with E-state index in [0.717, 1.165) is 5.56 Å². The van der Waals surface area contributed by atoms with Crippen molar-refractivity contribution in [2.24, 2.45) is 0 Å². The number of carbonyl (C=O) groups is 2. The number of ketones is 1. The van der Waals surface area contributed by atoms with Crippen molar-refractivity contribution in [2.75, 3.05) is 19.0 Å². The van der Waals surface area contributed by atoms with Crippen molar-refractivity contribution in [2.45, 2.75) is 20.8 Å². The van der Waals surface area contributed by atoms with Gasteiger partial charge in [0, 0.05) is 6.08 Å². The van der Waals surface area contributed by atoms with E-state index in [4.69, 9.17) is 13.9 Å². The molecule has 1 amide bonds. The zero-order valence-corrected chi connectivity index (χ0v) is 15.6. The number of rotatable bonds is 7. The lowest BCUT2D eigenvalue weighted by Gasteiger charge is -2.09. The van der Waals surface area contributed by atoms with Gasteiger partial charge in [0.25, 0.3) is 5.91 Å². The highest BCUT2D eigenvalue weighted by Crippen LogP contribution is 2.29. The fourth-order valence-corrected chi connectivity index (χ4v) is 2.55. The number of nitrogens with zero attached hydrogens (tertiary/aromatic N) is 1. The van der Waals surface area contributed by atoms with Crippen LogP contribution in [0.15, 0.2) is 28.7 Å². The first-order valence-electron chi connectivity index (χ1n) is 8.25. The Morgan fingerprint density at radius 2 is 2.07 bits per heavy atom. The molecule has 0 fully saturated rings. The molecular formula is C20H20N2O5. The SMILES string of the molecule is CCOc1ccc(/C=C/C(=O)Nc2oc(C)c(C(C)=O)c2C#N)cc1OC. The highest BCUT2D eigenvalue weighted by molar-refractivity contribution is 6.04. The van der Waals surface area contributed by atoms with Crippen molar-refractivity contribution < 1.29 is 23.5 Å². The lowest BCUT2D eigenvalue weighted by molar-refractivity contribution is -0.111. The van der Waals surface area contributed by atoms with E-state index in [2.05, 4.69) is 5.32 Å². The number of nitriles is 1. The second kappa shape index (κ2) is 8.72. The Bertz CT molecular complexity index is 935. The van der Waals surface area contributed by atoms with Crippen LogP contribution in [-0.4, -0.2) is 25.4 Å². The topological polar surface area (TPSA) is 102 Å². The van der Waals surface area contributed by atoms with Gasteiger partial charge in [-0.25, -0.2) is 0 Å². The van der Waals surface area contributed by atoms with E-state index in [1.807, 2.05) is 13.0 Å². The van der Waals surface area contributed by atoms with Crippen molar-refractivity contribution >= 4 is 23.7 Å². The predicted octanol–water partition coefficient (Wildman–Crippen LogP) is 3.72. The van der Waals surface area contributed by atoms with E-state index < -0.39 is 5.91 Å². The van der Waals surface area contributed by atoms with Crippen LogP contribution in [0.4, 0.5) is 5.88 Å². The van der Waals surface area contributed by atoms with Gasteiger partial charge in [-0.15, -0.1) is 0 Å². The van der Waals surface area contributed by atoms with Crippen molar-refractivity contribution in [1.29, 1.82) is 5.26 Å². The Kier molecular flexibility index (Phi) is 6.39. The Balaban J connectivity index is 2.18. The lowest BCUT2D eigenvalue weighted by atomic mass is 10.1. The number of methoxy groups -OCH3 is 1. The van der Waals surface area contributed by atoms with Crippen molar-refractivity contribution in [3.8, 4) is 17.6 Å². The fraction of sp³-hybridized carbons (Fsp3) is 0.250. The first-order valence-corrected chi connectivity index (χ1v) is 8.25. The summed E-state index contributed by atoms with van der Waals surface area (Å²) >= 11 is 0. The first kappa shape index (κ1) is 19.8. The van der Waals surface area contributed by atoms with Gasteiger partial charge in [-0.2, -0.15) is 5.26 Å². The van der Waals surface area contributed by atoms with Gasteiger partial charge in [0.05, 0.1) is 19.3 Å². The van der Waals surface area contributed by atoms with Crippen LogP contribution in [0.3, 0.4) is 0 Å². The number of furan rings is 1. The summed E-state index contributed by atoms with van der Waals surface area (Å²) in [6.45, 7) is 5.29. The number of hydrogen-bond donors (Lipinski definition) is 1. The third-order valence-corrected chi connectivity index (χ3v) is 3.70. The van der Waals surface area contributed by atoms with E-state index in [0.29, 0.717) is 18.1 Å². The Morgan fingerprint density at radius 3 is 2.67 bits per heavy atom. The summed E-state index contributed by atoms with van der Waals surface area (Å²) < 4.78 is 16.1. The first-order chi connectivity index (χ1) is 12.9. The molecule has 1 heterocycles. The van der Waals surface area contributed by atoms with E-state index >= 15 is 0 Å². The van der Waals surface area contributed by atoms with E-state index in [9.17, 15) is 14.9 Å². The van der Waals surface area contributed by atoms with Gasteiger partial charge in [0.1, 0.15) is 17.4 Å². The maximum Gasteiger partial charge on any atom is 0.250 e. The van der Waals surface area contributed by atoms with E-state index in [1.165, 1.54) is 20.1 Å². The summed E-state index contributed by atoms with van der Waals surface area (Å²) in [6.07, 6.45) is 2.88. The molecule has 1 aromatic carbocycles. The zero-order valence-electron chi connectivity index (χ0n) is 15.6. The van der Waals surface area contributed by atoms with Crippen molar-refractivity contribution in [1.82, 2.24) is 0 Å². The minimum atomic E-state index is -0.497. The van der Waals surface area contributed by atoms with E-state index in [-0.39, 0.29) is 28.6 Å². The van der Waals surface area contributed by atoms with E-state index in [1.54, 1.807) is 31.2 Å². The molecule has 0 saturated heterocycles. The normalized spacial score (nSPS) is 10.5. The summed E-state index contributed by atoms with van der Waals surface area (Å²) in [5.74, 6) is 0.615. The highest BCUT2D eigenvalue weighted by Gasteiger charge is 2.21. The fourth-order valence-electron chi connectivity index (χ4n) is 2.55. The lowest BCUT2D eigenvalue weighted by Crippen LogP contribution is -2.08. The van der Waals surface area contributed by atoms with Gasteiger partial charge in [-0.05, 0) is 44.5 Å². The zero-order chi connectivity index (χ0) is 20.0. The van der Waals surface area contributed by atoms with Crippen LogP contribution in [0, 0.1) is 18.3 Å². The number of carbonyl (C=O) groups excluding carboxylic acids is 2. The highest BCUT2D eigenvalue weighted by atomic mass is 16.5. The van der Waals surface area contributed by atoms with Crippen LogP contribution in [0.1, 0.15) is 41.1 Å². The molecule has 140 valence electrons. The van der Waals surface area contributed by atoms with Gasteiger partial charge in [0.15, 0.2) is 17.3 Å². The molecule has 0 spiro atoms. The average molecular weight is 368 g/mol. The molecule has 0 unspecified atom stereocenters. The summed E-state index contributed by atoms with van der Waals surface area (Å²) in [5.41, 5.74) is 0.920. The predicted molar refractivity (Wildman–Crippen MR) is 100.0 cm³/mol. The number of nitrogens with one attached hydrogen (secondary N) is 1. The van der Waals surface area contributed by atoms with Crippen LogP contribution in [0.2, 0.25) is 0 Å². The molecule has 0 aliphatic heterocycles. The number of hydrogen-bond acceptors (Lipinski definition) is 6. The maximum absolute atomic E-state index is 12.2. The third kappa shape index (κ3) is 4.55. The Hall–Kier alpha value is -3.53. The largest absolute Gasteiger partial charge is 0.493 e. The molecular weight excluding hydrogens is 348 g/mol. The minimum absolute atomic E-state index is 0.0180. The minimum Gasteiger partial charge on any atom is -0.493 e. The van der Waals surface area contributed by atoms with Gasteiger partial charge in [-0.3, -0.25) is 14.9 Å². The Labute approximate surface area is 157 Å². The molecule has 0 saturated carbocycles. The number of Topliss-reactive ketones (excluding diaryl/α,β-unsaturated/α-hetero) is 1. The van der Waals surface area contributed by atoms with Gasteiger partial charge in [-0.1, -0.05) is 6.07 Å². The molecule has 7 heteroatoms. The molecule has 0 radical (unpaired) electrons. The van der Waals surface area contributed by atoms with Crippen LogP contribution < -0.4 is 14.8 Å². The molecule has 2 aromatic rings. The van der Waals surface area contributed by atoms with Gasteiger partial charge in [0.2, 0.25) is 5.88 Å². The maximum atomic E-state index is 12.2. The molecule has 0 aliphatic carbocycles. The summed E-state index contributed by atoms with van der Waals surface area (Å²) in [4.78, 5) is 23.8. The standard InChI is InChI=1S/C20H20N2O5/c1-5-26-16-8-6-14(10-17(16)25-4)7-9-18(24)22-20-15(11-21)19(12(2)23)13(3)27-20/h6-10H,5H2,1-4H3,(H,22,24)/b9-7+. The molecule has 7 nitrogen and oxygen atoms in total. The smallest absolute Gasteiger partial charge is 0.250 e. The number of ether oxygens (including phenoxy) is 2. The summed E-state index contributed by atoms with van der Waals surface area (Å²) in [7, 11) is 1.54. The van der Waals surface area contributed by atoms with Crippen LogP contribution in [0.5, 0.6) is 11.5 Å². The number of aryl methyl sites for hydroxylation is 1. The van der Waals surface area contributed by atoms with Crippen LogP contribution in [0.25, 0.3) is 6.08 Å². The number of amides is 1. The van der Waals surface area contributed by atoms with Crippen molar-refractivity contribution in [3.05, 3.63) is 46.7 Å². The third-order valence-electron chi connectivity index (χ3n) is 3.70. The molecule has 0 aliphatic rings. The van der Waals surface area contributed by atoms with Gasteiger partial charge < -0.3 is 13.9 Å². The average Bonchev–Trinajstić information content (AvgIpc) is 2.96. The number of anilines is 1. The van der Waals surface area contributed by atoms with Crippen molar-refractivity contribution in [3.63, 3.8) is 0 Å².